The summed E-state index contributed by atoms with van der Waals surface area (Å²) in [6, 6.07) is 8.77. The van der Waals surface area contributed by atoms with E-state index in [1.165, 1.54) is 19.4 Å². The van der Waals surface area contributed by atoms with Crippen molar-refractivity contribution in [1.29, 1.82) is 0 Å². The number of unbranched alkanes of at least 4 members (excludes halogenated alkanes) is 3. The van der Waals surface area contributed by atoms with E-state index in [2.05, 4.69) is 9.64 Å². The van der Waals surface area contributed by atoms with Gasteiger partial charge in [0.05, 0.1) is 13.7 Å². The fourth-order valence-electron chi connectivity index (χ4n) is 3.93. The highest BCUT2D eigenvalue weighted by atomic mass is 35.5. The quantitative estimate of drug-likeness (QED) is 0.318. The van der Waals surface area contributed by atoms with Gasteiger partial charge >= 0.3 is 5.97 Å². The standard InChI is InChI=1S/C26H33ClN2O6/c1-33-26(32)11-5-3-2-4-10-25(31)29-14-12-28(13-15-29)17-21-16-23(30)24(19-34-21)35-18-20-8-6-7-9-22(20)27/h6-9,16,19H,2-5,10-15,17-18H2,1H3. The van der Waals surface area contributed by atoms with Crippen LogP contribution in [0.5, 0.6) is 5.75 Å². The van der Waals surface area contributed by atoms with Crippen LogP contribution < -0.4 is 10.2 Å². The molecule has 1 aliphatic rings. The average Bonchev–Trinajstić information content (AvgIpc) is 2.86. The molecule has 0 saturated carbocycles. The van der Waals surface area contributed by atoms with Crippen molar-refractivity contribution in [2.24, 2.45) is 0 Å². The summed E-state index contributed by atoms with van der Waals surface area (Å²) in [6.45, 7) is 3.45. The lowest BCUT2D eigenvalue weighted by Gasteiger charge is -2.34. The maximum Gasteiger partial charge on any atom is 0.305 e. The van der Waals surface area contributed by atoms with Crippen molar-refractivity contribution >= 4 is 23.5 Å². The van der Waals surface area contributed by atoms with E-state index < -0.39 is 0 Å². The number of hydrogen-bond donors (Lipinski definition) is 0. The smallest absolute Gasteiger partial charge is 0.305 e. The zero-order valence-electron chi connectivity index (χ0n) is 20.2. The van der Waals surface area contributed by atoms with Crippen LogP contribution in [-0.2, 0) is 27.5 Å². The second-order valence-corrected chi connectivity index (χ2v) is 9.01. The Balaban J connectivity index is 1.36. The first-order valence-corrected chi connectivity index (χ1v) is 12.4. The van der Waals surface area contributed by atoms with Crippen molar-refractivity contribution < 1.29 is 23.5 Å². The highest BCUT2D eigenvalue weighted by Crippen LogP contribution is 2.18. The first-order valence-electron chi connectivity index (χ1n) is 12.0. The van der Waals surface area contributed by atoms with Gasteiger partial charge in [-0.05, 0) is 18.9 Å². The number of carbonyl (C=O) groups is 2. The van der Waals surface area contributed by atoms with Gasteiger partial charge < -0.3 is 18.8 Å². The van der Waals surface area contributed by atoms with Crippen LogP contribution in [0, 0.1) is 0 Å². The summed E-state index contributed by atoms with van der Waals surface area (Å²) in [5.41, 5.74) is 0.558. The lowest BCUT2D eigenvalue weighted by atomic mass is 10.1. The maximum absolute atomic E-state index is 12.5. The fraction of sp³-hybridized carbons (Fsp3) is 0.500. The number of amides is 1. The van der Waals surface area contributed by atoms with Gasteiger partial charge in [0, 0.05) is 55.7 Å². The van der Waals surface area contributed by atoms with Gasteiger partial charge in [-0.1, -0.05) is 42.6 Å². The van der Waals surface area contributed by atoms with Crippen molar-refractivity contribution in [3.05, 3.63) is 63.2 Å². The largest absolute Gasteiger partial charge is 0.482 e. The third kappa shape index (κ3) is 8.71. The molecular formula is C26H33ClN2O6. The summed E-state index contributed by atoms with van der Waals surface area (Å²) >= 11 is 6.13. The third-order valence-electron chi connectivity index (χ3n) is 6.05. The predicted molar refractivity (Wildman–Crippen MR) is 132 cm³/mol. The van der Waals surface area contributed by atoms with Crippen molar-refractivity contribution in [3.63, 3.8) is 0 Å². The lowest BCUT2D eigenvalue weighted by molar-refractivity contribution is -0.140. The van der Waals surface area contributed by atoms with Crippen LogP contribution in [0.25, 0.3) is 0 Å². The minimum absolute atomic E-state index is 0.148. The Labute approximate surface area is 210 Å². The van der Waals surface area contributed by atoms with E-state index in [1.54, 1.807) is 6.07 Å². The molecule has 2 aromatic rings. The Bertz CT molecular complexity index is 1030. The van der Waals surface area contributed by atoms with Crippen LogP contribution >= 0.6 is 11.6 Å². The van der Waals surface area contributed by atoms with Gasteiger partial charge in [0.25, 0.3) is 0 Å². The number of hydrogen-bond acceptors (Lipinski definition) is 7. The zero-order chi connectivity index (χ0) is 25.0. The van der Waals surface area contributed by atoms with E-state index in [9.17, 15) is 14.4 Å². The highest BCUT2D eigenvalue weighted by molar-refractivity contribution is 6.31. The summed E-state index contributed by atoms with van der Waals surface area (Å²) in [4.78, 5) is 40.1. The molecule has 3 rings (SSSR count). The summed E-state index contributed by atoms with van der Waals surface area (Å²) in [5, 5.41) is 0.585. The molecule has 1 aromatic carbocycles. The van der Waals surface area contributed by atoms with E-state index in [4.69, 9.17) is 20.8 Å². The number of nitrogens with zero attached hydrogens (tertiary/aromatic N) is 2. The number of rotatable bonds is 12. The number of ether oxygens (including phenoxy) is 2. The van der Waals surface area contributed by atoms with Crippen LogP contribution in [0.2, 0.25) is 5.02 Å². The monoisotopic (exact) mass is 504 g/mol. The molecule has 1 saturated heterocycles. The molecule has 1 aromatic heterocycles. The molecule has 0 N–H and O–H groups in total. The van der Waals surface area contributed by atoms with Crippen LogP contribution in [0.15, 0.2) is 45.8 Å². The molecule has 190 valence electrons. The minimum Gasteiger partial charge on any atom is -0.482 e. The number of halogens is 1. The Morgan fingerprint density at radius 3 is 2.43 bits per heavy atom. The molecule has 1 amide bonds. The normalized spacial score (nSPS) is 14.1. The molecule has 0 spiro atoms. The molecule has 1 fully saturated rings. The summed E-state index contributed by atoms with van der Waals surface area (Å²) in [7, 11) is 1.40. The van der Waals surface area contributed by atoms with Crippen LogP contribution in [0.3, 0.4) is 0 Å². The van der Waals surface area contributed by atoms with Crippen molar-refractivity contribution in [2.45, 2.75) is 51.7 Å². The Hall–Kier alpha value is -2.84. The van der Waals surface area contributed by atoms with Gasteiger partial charge in [-0.25, -0.2) is 0 Å². The molecule has 0 bridgehead atoms. The minimum atomic E-state index is -0.237. The summed E-state index contributed by atoms with van der Waals surface area (Å²) in [6.07, 6.45) is 5.79. The molecular weight excluding hydrogens is 472 g/mol. The van der Waals surface area contributed by atoms with Gasteiger partial charge in [0.15, 0.2) is 0 Å². The SMILES string of the molecule is COC(=O)CCCCCCC(=O)N1CCN(Cc2cc(=O)c(OCc3ccccc3Cl)co2)CC1. The predicted octanol–water partition coefficient (Wildman–Crippen LogP) is 4.03. The van der Waals surface area contributed by atoms with Crippen molar-refractivity contribution in [3.8, 4) is 5.75 Å². The highest BCUT2D eigenvalue weighted by Gasteiger charge is 2.21. The van der Waals surface area contributed by atoms with Gasteiger partial charge in [-0.15, -0.1) is 0 Å². The second-order valence-electron chi connectivity index (χ2n) is 8.60. The number of benzene rings is 1. The molecule has 8 nitrogen and oxygen atoms in total. The molecule has 0 radical (unpaired) electrons. The Kier molecular flexibility index (Phi) is 10.6. The Morgan fingerprint density at radius 1 is 1.03 bits per heavy atom. The van der Waals surface area contributed by atoms with E-state index in [0.29, 0.717) is 43.3 Å². The lowest BCUT2D eigenvalue weighted by Crippen LogP contribution is -2.48. The second kappa shape index (κ2) is 13.9. The molecule has 1 aliphatic heterocycles. The molecule has 0 aliphatic carbocycles. The molecule has 0 atom stereocenters. The van der Waals surface area contributed by atoms with Crippen molar-refractivity contribution in [2.75, 3.05) is 33.3 Å². The molecule has 35 heavy (non-hydrogen) atoms. The number of piperazine rings is 1. The van der Waals surface area contributed by atoms with Gasteiger partial charge in [0.1, 0.15) is 18.6 Å². The third-order valence-corrected chi connectivity index (χ3v) is 6.42. The van der Waals surface area contributed by atoms with Crippen molar-refractivity contribution in [1.82, 2.24) is 9.80 Å². The molecule has 2 heterocycles. The average molecular weight is 505 g/mol. The summed E-state index contributed by atoms with van der Waals surface area (Å²) < 4.78 is 15.8. The number of esters is 1. The van der Waals surface area contributed by atoms with Gasteiger partial charge in [-0.3, -0.25) is 19.3 Å². The number of methoxy groups -OCH3 is 1. The van der Waals surface area contributed by atoms with Crippen LogP contribution in [-0.4, -0.2) is 55.0 Å². The van der Waals surface area contributed by atoms with E-state index in [0.717, 1.165) is 44.3 Å². The number of carbonyl (C=O) groups excluding carboxylic acids is 2. The van der Waals surface area contributed by atoms with E-state index >= 15 is 0 Å². The van der Waals surface area contributed by atoms with Crippen LogP contribution in [0.1, 0.15) is 49.8 Å². The van der Waals surface area contributed by atoms with Gasteiger partial charge in [-0.2, -0.15) is 0 Å². The fourth-order valence-corrected chi connectivity index (χ4v) is 4.12. The first kappa shape index (κ1) is 26.8. The summed E-state index contributed by atoms with van der Waals surface area (Å²) in [5.74, 6) is 0.696. The molecule has 9 heteroatoms. The van der Waals surface area contributed by atoms with E-state index in [-0.39, 0.29) is 29.7 Å². The first-order chi connectivity index (χ1) is 17.0. The topological polar surface area (TPSA) is 89.3 Å². The maximum atomic E-state index is 12.5. The van der Waals surface area contributed by atoms with Crippen LogP contribution in [0.4, 0.5) is 0 Å². The van der Waals surface area contributed by atoms with E-state index in [1.807, 2.05) is 23.1 Å². The Morgan fingerprint density at radius 2 is 1.74 bits per heavy atom. The zero-order valence-corrected chi connectivity index (χ0v) is 20.9. The van der Waals surface area contributed by atoms with Gasteiger partial charge in [0.2, 0.25) is 17.1 Å². The molecule has 0 unspecified atom stereocenters.